The molecule has 0 aliphatic carbocycles. The van der Waals surface area contributed by atoms with E-state index in [2.05, 4.69) is 0 Å². The van der Waals surface area contributed by atoms with Crippen LogP contribution >= 0.6 is 0 Å². The number of sulfonamides is 1. The summed E-state index contributed by atoms with van der Waals surface area (Å²) in [4.78, 5) is 0.372. The van der Waals surface area contributed by atoms with Crippen LogP contribution in [0.1, 0.15) is 25.0 Å². The molecule has 1 saturated heterocycles. The molecule has 0 unspecified atom stereocenters. The van der Waals surface area contributed by atoms with Crippen molar-refractivity contribution in [3.8, 4) is 0 Å². The Bertz CT molecular complexity index is 558. The van der Waals surface area contributed by atoms with Gasteiger partial charge in [0.15, 0.2) is 0 Å². The number of hydrogen-bond acceptors (Lipinski definition) is 3. The molecule has 1 aromatic rings. The zero-order valence-corrected chi connectivity index (χ0v) is 12.7. The monoisotopic (exact) mass is 283 g/mol. The molecule has 4 nitrogen and oxygen atoms in total. The zero-order chi connectivity index (χ0) is 14.2. The Kier molecular flexibility index (Phi) is 3.99. The number of aryl methyl sites for hydroxylation is 2. The van der Waals surface area contributed by atoms with E-state index in [1.165, 1.54) is 4.31 Å². The Morgan fingerprint density at radius 3 is 2.21 bits per heavy atom. The molecule has 0 bridgehead atoms. The highest BCUT2D eigenvalue weighted by molar-refractivity contribution is 7.89. The van der Waals surface area contributed by atoms with E-state index in [4.69, 9.17) is 4.74 Å². The number of morpholine rings is 1. The fourth-order valence-electron chi connectivity index (χ4n) is 2.35. The maximum atomic E-state index is 12.6. The van der Waals surface area contributed by atoms with Gasteiger partial charge in [-0.25, -0.2) is 8.42 Å². The van der Waals surface area contributed by atoms with Crippen molar-refractivity contribution >= 4 is 10.0 Å². The molecule has 2 atom stereocenters. The highest BCUT2D eigenvalue weighted by Gasteiger charge is 2.32. The van der Waals surface area contributed by atoms with E-state index in [0.717, 1.165) is 11.1 Å². The van der Waals surface area contributed by atoms with Gasteiger partial charge >= 0.3 is 0 Å². The maximum absolute atomic E-state index is 12.6. The molecule has 106 valence electrons. The molecule has 2 rings (SSSR count). The van der Waals surface area contributed by atoms with Crippen molar-refractivity contribution in [1.29, 1.82) is 0 Å². The summed E-state index contributed by atoms with van der Waals surface area (Å²) < 4.78 is 32.3. The second-order valence-electron chi connectivity index (χ2n) is 5.33. The van der Waals surface area contributed by atoms with Crippen LogP contribution in [-0.4, -0.2) is 38.0 Å². The van der Waals surface area contributed by atoms with Crippen LogP contribution < -0.4 is 0 Å². The van der Waals surface area contributed by atoms with Crippen LogP contribution in [0.25, 0.3) is 0 Å². The molecule has 0 N–H and O–H groups in total. The van der Waals surface area contributed by atoms with Crippen molar-refractivity contribution in [2.75, 3.05) is 13.1 Å². The Morgan fingerprint density at radius 2 is 1.68 bits per heavy atom. The average molecular weight is 283 g/mol. The van der Waals surface area contributed by atoms with Crippen LogP contribution in [0.5, 0.6) is 0 Å². The summed E-state index contributed by atoms with van der Waals surface area (Å²) in [5, 5.41) is 0. The van der Waals surface area contributed by atoms with Gasteiger partial charge < -0.3 is 4.74 Å². The quantitative estimate of drug-likeness (QED) is 0.835. The molecule has 0 amide bonds. The lowest BCUT2D eigenvalue weighted by molar-refractivity contribution is -0.0440. The number of ether oxygens (including phenoxy) is 1. The fraction of sp³-hybridized carbons (Fsp3) is 0.571. The number of benzene rings is 1. The van der Waals surface area contributed by atoms with Crippen LogP contribution in [0.2, 0.25) is 0 Å². The largest absolute Gasteiger partial charge is 0.373 e. The molecule has 0 radical (unpaired) electrons. The van der Waals surface area contributed by atoms with Gasteiger partial charge in [0.2, 0.25) is 10.0 Å². The summed E-state index contributed by atoms with van der Waals surface area (Å²) in [6.07, 6.45) is -0.129. The van der Waals surface area contributed by atoms with Gasteiger partial charge in [0.25, 0.3) is 0 Å². The molecule has 1 aliphatic heterocycles. The lowest BCUT2D eigenvalue weighted by Crippen LogP contribution is -2.48. The van der Waals surface area contributed by atoms with E-state index < -0.39 is 10.0 Å². The van der Waals surface area contributed by atoms with E-state index in [-0.39, 0.29) is 12.2 Å². The lowest BCUT2D eigenvalue weighted by atomic mass is 10.1. The second-order valence-corrected chi connectivity index (χ2v) is 7.26. The third-order valence-corrected chi connectivity index (χ3v) is 5.33. The Labute approximate surface area is 115 Å². The highest BCUT2D eigenvalue weighted by Crippen LogP contribution is 2.22. The molecule has 5 heteroatoms. The minimum absolute atomic E-state index is 0.0647. The summed E-state index contributed by atoms with van der Waals surface area (Å²) >= 11 is 0. The molecule has 19 heavy (non-hydrogen) atoms. The molecule has 0 saturated carbocycles. The summed E-state index contributed by atoms with van der Waals surface area (Å²) in [6, 6.07) is 5.29. The molecular formula is C14H21NO3S. The summed E-state index contributed by atoms with van der Waals surface area (Å²) in [7, 11) is -3.41. The number of nitrogens with zero attached hydrogens (tertiary/aromatic N) is 1. The van der Waals surface area contributed by atoms with Crippen LogP contribution in [0, 0.1) is 13.8 Å². The maximum Gasteiger partial charge on any atom is 0.243 e. The SMILES string of the molecule is Cc1ccc(S(=O)(=O)N2C[C@H](C)O[C@@H](C)C2)cc1C. The Morgan fingerprint density at radius 1 is 1.11 bits per heavy atom. The molecule has 0 spiro atoms. The van der Waals surface area contributed by atoms with Gasteiger partial charge in [0, 0.05) is 13.1 Å². The van der Waals surface area contributed by atoms with Gasteiger partial charge in [-0.1, -0.05) is 6.07 Å². The van der Waals surface area contributed by atoms with Gasteiger partial charge in [-0.3, -0.25) is 0 Å². The summed E-state index contributed by atoms with van der Waals surface area (Å²) in [5.74, 6) is 0. The van der Waals surface area contributed by atoms with Crippen molar-refractivity contribution < 1.29 is 13.2 Å². The third-order valence-electron chi connectivity index (χ3n) is 3.50. The Hall–Kier alpha value is -0.910. The predicted octanol–water partition coefficient (Wildman–Crippen LogP) is 2.10. The minimum atomic E-state index is -3.41. The van der Waals surface area contributed by atoms with Gasteiger partial charge in [0.1, 0.15) is 0 Å². The average Bonchev–Trinajstić information content (AvgIpc) is 2.31. The number of hydrogen-bond donors (Lipinski definition) is 0. The minimum Gasteiger partial charge on any atom is -0.373 e. The van der Waals surface area contributed by atoms with E-state index in [0.29, 0.717) is 18.0 Å². The standard InChI is InChI=1S/C14H21NO3S/c1-10-5-6-14(7-11(10)2)19(16,17)15-8-12(3)18-13(4)9-15/h5-7,12-13H,8-9H2,1-4H3/t12-,13-/m0/s1. The zero-order valence-electron chi connectivity index (χ0n) is 11.9. The molecular weight excluding hydrogens is 262 g/mol. The third kappa shape index (κ3) is 2.99. The van der Waals surface area contributed by atoms with Gasteiger partial charge in [-0.15, -0.1) is 0 Å². The van der Waals surface area contributed by atoms with E-state index >= 15 is 0 Å². The van der Waals surface area contributed by atoms with Gasteiger partial charge in [0.05, 0.1) is 17.1 Å². The molecule has 1 heterocycles. The van der Waals surface area contributed by atoms with Gasteiger partial charge in [-0.2, -0.15) is 4.31 Å². The fourth-order valence-corrected chi connectivity index (χ4v) is 4.03. The van der Waals surface area contributed by atoms with Crippen LogP contribution in [-0.2, 0) is 14.8 Å². The van der Waals surface area contributed by atoms with Crippen molar-refractivity contribution in [2.45, 2.75) is 44.8 Å². The van der Waals surface area contributed by atoms with Crippen molar-refractivity contribution in [2.24, 2.45) is 0 Å². The highest BCUT2D eigenvalue weighted by atomic mass is 32.2. The molecule has 1 aromatic carbocycles. The Balaban J connectivity index is 2.33. The molecule has 0 aromatic heterocycles. The summed E-state index contributed by atoms with van der Waals surface area (Å²) in [5.41, 5.74) is 2.10. The van der Waals surface area contributed by atoms with Crippen molar-refractivity contribution in [1.82, 2.24) is 4.31 Å². The lowest BCUT2D eigenvalue weighted by Gasteiger charge is -2.34. The smallest absolute Gasteiger partial charge is 0.243 e. The summed E-state index contributed by atoms with van der Waals surface area (Å²) in [6.45, 7) is 8.54. The van der Waals surface area contributed by atoms with E-state index in [1.54, 1.807) is 12.1 Å². The van der Waals surface area contributed by atoms with E-state index in [1.807, 2.05) is 33.8 Å². The molecule has 1 aliphatic rings. The second kappa shape index (κ2) is 5.23. The van der Waals surface area contributed by atoms with Crippen LogP contribution in [0.4, 0.5) is 0 Å². The predicted molar refractivity (Wildman–Crippen MR) is 74.7 cm³/mol. The first-order chi connectivity index (χ1) is 8.80. The first kappa shape index (κ1) is 14.5. The van der Waals surface area contributed by atoms with E-state index in [9.17, 15) is 8.42 Å². The number of rotatable bonds is 2. The molecule has 1 fully saturated rings. The normalized spacial score (nSPS) is 25.5. The van der Waals surface area contributed by atoms with Crippen molar-refractivity contribution in [3.05, 3.63) is 29.3 Å². The van der Waals surface area contributed by atoms with Gasteiger partial charge in [-0.05, 0) is 51.0 Å². The first-order valence-corrected chi connectivity index (χ1v) is 7.97. The van der Waals surface area contributed by atoms with Crippen molar-refractivity contribution in [3.63, 3.8) is 0 Å². The first-order valence-electron chi connectivity index (χ1n) is 6.53. The van der Waals surface area contributed by atoms with Crippen LogP contribution in [0.3, 0.4) is 0 Å². The topological polar surface area (TPSA) is 46.6 Å². The van der Waals surface area contributed by atoms with Crippen LogP contribution in [0.15, 0.2) is 23.1 Å².